The lowest BCUT2D eigenvalue weighted by Gasteiger charge is -2.14. The SMILES string of the molecule is CN=C(NCCc1ccccn1)NCc1ccc(Cl)cc1OC. The number of methoxy groups -OCH3 is 1. The highest BCUT2D eigenvalue weighted by atomic mass is 35.5. The first-order valence-corrected chi connectivity index (χ1v) is 7.77. The maximum absolute atomic E-state index is 5.97. The molecular weight excluding hydrogens is 312 g/mol. The Labute approximate surface area is 141 Å². The number of pyridine rings is 1. The summed E-state index contributed by atoms with van der Waals surface area (Å²) >= 11 is 5.97. The number of rotatable bonds is 6. The van der Waals surface area contributed by atoms with Crippen molar-refractivity contribution in [3.63, 3.8) is 0 Å². The van der Waals surface area contributed by atoms with Crippen LogP contribution in [0.2, 0.25) is 5.02 Å². The Bertz CT molecular complexity index is 646. The minimum absolute atomic E-state index is 0.601. The highest BCUT2D eigenvalue weighted by Crippen LogP contribution is 2.22. The number of hydrogen-bond donors (Lipinski definition) is 2. The Balaban J connectivity index is 1.83. The summed E-state index contributed by atoms with van der Waals surface area (Å²) in [6, 6.07) is 11.5. The number of nitrogens with one attached hydrogen (secondary N) is 2. The van der Waals surface area contributed by atoms with Crippen LogP contribution < -0.4 is 15.4 Å². The standard InChI is InChI=1S/C17H21ClN4O/c1-19-17(21-10-8-15-5-3-4-9-20-15)22-12-13-6-7-14(18)11-16(13)23-2/h3-7,9,11H,8,10,12H2,1-2H3,(H2,19,21,22). The molecule has 0 fully saturated rings. The van der Waals surface area contributed by atoms with E-state index in [1.54, 1.807) is 26.4 Å². The van der Waals surface area contributed by atoms with E-state index in [1.165, 1.54) is 0 Å². The molecule has 0 saturated carbocycles. The molecule has 0 amide bonds. The lowest BCUT2D eigenvalue weighted by atomic mass is 10.2. The van der Waals surface area contributed by atoms with Gasteiger partial charge in [0, 0.05) is 49.0 Å². The molecule has 122 valence electrons. The van der Waals surface area contributed by atoms with E-state index in [0.717, 1.165) is 35.9 Å². The van der Waals surface area contributed by atoms with Gasteiger partial charge in [0.2, 0.25) is 0 Å². The van der Waals surface area contributed by atoms with E-state index in [4.69, 9.17) is 16.3 Å². The van der Waals surface area contributed by atoms with Gasteiger partial charge in [0.1, 0.15) is 5.75 Å². The Morgan fingerprint density at radius 3 is 2.83 bits per heavy atom. The first kappa shape index (κ1) is 17.1. The van der Waals surface area contributed by atoms with Crippen LogP contribution in [0.15, 0.2) is 47.6 Å². The Kier molecular flexibility index (Phi) is 6.69. The van der Waals surface area contributed by atoms with Gasteiger partial charge in [-0.25, -0.2) is 0 Å². The summed E-state index contributed by atoms with van der Waals surface area (Å²) in [5.74, 6) is 1.49. The summed E-state index contributed by atoms with van der Waals surface area (Å²) in [5, 5.41) is 7.19. The van der Waals surface area contributed by atoms with Crippen LogP contribution in [-0.4, -0.2) is 31.6 Å². The van der Waals surface area contributed by atoms with Crippen LogP contribution in [-0.2, 0) is 13.0 Å². The molecule has 0 unspecified atom stereocenters. The summed E-state index contributed by atoms with van der Waals surface area (Å²) in [4.78, 5) is 8.51. The highest BCUT2D eigenvalue weighted by molar-refractivity contribution is 6.30. The van der Waals surface area contributed by atoms with Crippen LogP contribution in [0.4, 0.5) is 0 Å². The largest absolute Gasteiger partial charge is 0.496 e. The molecule has 0 radical (unpaired) electrons. The Hall–Kier alpha value is -2.27. The van der Waals surface area contributed by atoms with Crippen molar-refractivity contribution < 1.29 is 4.74 Å². The number of ether oxygens (including phenoxy) is 1. The normalized spacial score (nSPS) is 11.2. The minimum atomic E-state index is 0.601. The fourth-order valence-corrected chi connectivity index (χ4v) is 2.28. The summed E-state index contributed by atoms with van der Waals surface area (Å²) in [6.45, 7) is 1.36. The zero-order chi connectivity index (χ0) is 16.5. The zero-order valence-electron chi connectivity index (χ0n) is 13.3. The van der Waals surface area contributed by atoms with Crippen LogP contribution in [0.1, 0.15) is 11.3 Å². The molecule has 0 aliphatic heterocycles. The second kappa shape index (κ2) is 9.00. The molecule has 23 heavy (non-hydrogen) atoms. The van der Waals surface area contributed by atoms with E-state index in [0.29, 0.717) is 11.6 Å². The molecule has 2 rings (SSSR count). The molecule has 1 aromatic carbocycles. The average Bonchev–Trinajstić information content (AvgIpc) is 2.59. The molecule has 0 aliphatic carbocycles. The summed E-state index contributed by atoms with van der Waals surface area (Å²) < 4.78 is 5.34. The van der Waals surface area contributed by atoms with Gasteiger partial charge in [0.15, 0.2) is 5.96 Å². The fourth-order valence-electron chi connectivity index (χ4n) is 2.12. The number of guanidine groups is 1. The number of halogens is 1. The van der Waals surface area contributed by atoms with Gasteiger partial charge >= 0.3 is 0 Å². The van der Waals surface area contributed by atoms with Crippen molar-refractivity contribution >= 4 is 17.6 Å². The van der Waals surface area contributed by atoms with Crippen molar-refractivity contribution in [3.05, 3.63) is 58.9 Å². The van der Waals surface area contributed by atoms with Crippen molar-refractivity contribution in [2.75, 3.05) is 20.7 Å². The molecule has 0 atom stereocenters. The molecule has 0 spiro atoms. The Morgan fingerprint density at radius 1 is 1.26 bits per heavy atom. The second-order valence-electron chi connectivity index (χ2n) is 4.88. The van der Waals surface area contributed by atoms with E-state index in [1.807, 2.05) is 30.3 Å². The molecule has 2 N–H and O–H groups in total. The summed E-state index contributed by atoms with van der Waals surface area (Å²) in [5.41, 5.74) is 2.07. The van der Waals surface area contributed by atoms with Gasteiger partial charge in [-0.2, -0.15) is 0 Å². The van der Waals surface area contributed by atoms with E-state index >= 15 is 0 Å². The van der Waals surface area contributed by atoms with Crippen molar-refractivity contribution in [2.45, 2.75) is 13.0 Å². The van der Waals surface area contributed by atoms with Crippen LogP contribution in [0, 0.1) is 0 Å². The van der Waals surface area contributed by atoms with Gasteiger partial charge in [-0.15, -0.1) is 0 Å². The van der Waals surface area contributed by atoms with Gasteiger partial charge in [0.25, 0.3) is 0 Å². The zero-order valence-corrected chi connectivity index (χ0v) is 14.1. The van der Waals surface area contributed by atoms with Gasteiger partial charge < -0.3 is 15.4 Å². The van der Waals surface area contributed by atoms with E-state index in [2.05, 4.69) is 20.6 Å². The van der Waals surface area contributed by atoms with Crippen molar-refractivity contribution in [2.24, 2.45) is 4.99 Å². The Morgan fingerprint density at radius 2 is 2.13 bits per heavy atom. The molecule has 6 heteroatoms. The lowest BCUT2D eigenvalue weighted by molar-refractivity contribution is 0.409. The maximum Gasteiger partial charge on any atom is 0.191 e. The molecule has 5 nitrogen and oxygen atoms in total. The topological polar surface area (TPSA) is 58.5 Å². The number of aliphatic imine (C=N–C) groups is 1. The number of nitrogens with zero attached hydrogens (tertiary/aromatic N) is 2. The van der Waals surface area contributed by atoms with Gasteiger partial charge in [-0.3, -0.25) is 9.98 Å². The third-order valence-electron chi connectivity index (χ3n) is 3.32. The fraction of sp³-hybridized carbons (Fsp3) is 0.294. The second-order valence-corrected chi connectivity index (χ2v) is 5.32. The maximum atomic E-state index is 5.97. The van der Waals surface area contributed by atoms with E-state index in [-0.39, 0.29) is 0 Å². The third kappa shape index (κ3) is 5.45. The molecular formula is C17H21ClN4O. The highest BCUT2D eigenvalue weighted by Gasteiger charge is 2.05. The lowest BCUT2D eigenvalue weighted by Crippen LogP contribution is -2.38. The van der Waals surface area contributed by atoms with Crippen LogP contribution in [0.3, 0.4) is 0 Å². The summed E-state index contributed by atoms with van der Waals surface area (Å²) in [7, 11) is 3.38. The average molecular weight is 333 g/mol. The predicted molar refractivity (Wildman–Crippen MR) is 94.1 cm³/mol. The number of hydrogen-bond acceptors (Lipinski definition) is 3. The molecule has 1 heterocycles. The number of aromatic nitrogens is 1. The molecule has 1 aromatic heterocycles. The van der Waals surface area contributed by atoms with E-state index < -0.39 is 0 Å². The number of benzene rings is 1. The summed E-state index contributed by atoms with van der Waals surface area (Å²) in [6.07, 6.45) is 2.64. The van der Waals surface area contributed by atoms with Crippen molar-refractivity contribution in [1.29, 1.82) is 0 Å². The van der Waals surface area contributed by atoms with Crippen LogP contribution >= 0.6 is 11.6 Å². The first-order chi connectivity index (χ1) is 11.2. The van der Waals surface area contributed by atoms with Gasteiger partial charge in [0.05, 0.1) is 7.11 Å². The first-order valence-electron chi connectivity index (χ1n) is 7.39. The van der Waals surface area contributed by atoms with Crippen LogP contribution in [0.25, 0.3) is 0 Å². The molecule has 0 bridgehead atoms. The predicted octanol–water partition coefficient (Wildman–Crippen LogP) is 2.65. The van der Waals surface area contributed by atoms with Gasteiger partial charge in [-0.05, 0) is 24.3 Å². The minimum Gasteiger partial charge on any atom is -0.496 e. The van der Waals surface area contributed by atoms with Crippen molar-refractivity contribution in [1.82, 2.24) is 15.6 Å². The smallest absolute Gasteiger partial charge is 0.191 e. The molecule has 0 aliphatic rings. The van der Waals surface area contributed by atoms with Crippen molar-refractivity contribution in [3.8, 4) is 5.75 Å². The van der Waals surface area contributed by atoms with Gasteiger partial charge in [-0.1, -0.05) is 23.7 Å². The van der Waals surface area contributed by atoms with Crippen LogP contribution in [0.5, 0.6) is 5.75 Å². The monoisotopic (exact) mass is 332 g/mol. The quantitative estimate of drug-likeness (QED) is 0.630. The third-order valence-corrected chi connectivity index (χ3v) is 3.55. The van der Waals surface area contributed by atoms with E-state index in [9.17, 15) is 0 Å². The molecule has 0 saturated heterocycles. The molecule has 2 aromatic rings.